The molecule has 0 aliphatic rings. The van der Waals surface area contributed by atoms with Crippen LogP contribution in [0.2, 0.25) is 5.02 Å². The maximum absolute atomic E-state index is 12.6. The predicted molar refractivity (Wildman–Crippen MR) is 116 cm³/mol. The lowest BCUT2D eigenvalue weighted by atomic mass is 10.1. The van der Waals surface area contributed by atoms with Crippen LogP contribution in [-0.4, -0.2) is 17.4 Å². The molecule has 3 rings (SSSR count). The van der Waals surface area contributed by atoms with E-state index in [1.54, 1.807) is 30.3 Å². The predicted octanol–water partition coefficient (Wildman–Crippen LogP) is 5.46. The third-order valence-corrected chi connectivity index (χ3v) is 4.71. The fourth-order valence-electron chi connectivity index (χ4n) is 2.88. The molecule has 0 fully saturated rings. The van der Waals surface area contributed by atoms with E-state index < -0.39 is 10.8 Å². The molecule has 0 unspecified atom stereocenters. The van der Waals surface area contributed by atoms with Crippen molar-refractivity contribution in [2.24, 2.45) is 0 Å². The summed E-state index contributed by atoms with van der Waals surface area (Å²) < 4.78 is 0. The Kier molecular flexibility index (Phi) is 6.46. The molecule has 2 N–H and O–H groups in total. The lowest BCUT2D eigenvalue weighted by Crippen LogP contribution is -2.14. The fraction of sp³-hybridized carbons (Fsp3) is 0.136. The van der Waals surface area contributed by atoms with Crippen molar-refractivity contribution in [1.29, 1.82) is 0 Å². The number of halogens is 1. The molecule has 148 valence electrons. The number of carbonyl (C=O) groups is 1. The topological polar surface area (TPSA) is 84.3 Å². The summed E-state index contributed by atoms with van der Waals surface area (Å²) >= 11 is 5.98. The summed E-state index contributed by atoms with van der Waals surface area (Å²) in [6.07, 6.45) is 0.730. The first-order valence-electron chi connectivity index (χ1n) is 9.08. The molecule has 7 heteroatoms. The average Bonchev–Trinajstić information content (AvgIpc) is 2.71. The van der Waals surface area contributed by atoms with E-state index in [1.165, 1.54) is 6.07 Å². The molecule has 0 radical (unpaired) electrons. The molecule has 0 saturated carbocycles. The zero-order chi connectivity index (χ0) is 20.8. The third kappa shape index (κ3) is 5.33. The van der Waals surface area contributed by atoms with Crippen molar-refractivity contribution in [1.82, 2.24) is 0 Å². The van der Waals surface area contributed by atoms with Crippen molar-refractivity contribution in [3.8, 4) is 0 Å². The zero-order valence-corrected chi connectivity index (χ0v) is 16.6. The fourth-order valence-corrected chi connectivity index (χ4v) is 3.06. The normalized spacial score (nSPS) is 10.4. The van der Waals surface area contributed by atoms with Gasteiger partial charge in [0.1, 0.15) is 5.69 Å². The van der Waals surface area contributed by atoms with E-state index in [1.807, 2.05) is 37.3 Å². The van der Waals surface area contributed by atoms with Crippen LogP contribution in [0.5, 0.6) is 0 Å². The Morgan fingerprint density at radius 3 is 2.52 bits per heavy atom. The second-order valence-corrected chi connectivity index (χ2v) is 7.00. The first kappa shape index (κ1) is 20.4. The molecule has 29 heavy (non-hydrogen) atoms. The van der Waals surface area contributed by atoms with E-state index >= 15 is 0 Å². The van der Waals surface area contributed by atoms with Gasteiger partial charge in [-0.3, -0.25) is 14.9 Å². The van der Waals surface area contributed by atoms with Gasteiger partial charge in [-0.25, -0.2) is 0 Å². The SMILES string of the molecule is Cc1ccc(Cl)cc1NC(=O)c1ccc(NCCc2ccccc2)c([N+](=O)[O-])c1. The van der Waals surface area contributed by atoms with Gasteiger partial charge in [0.05, 0.1) is 4.92 Å². The van der Waals surface area contributed by atoms with Crippen molar-refractivity contribution < 1.29 is 9.72 Å². The maximum Gasteiger partial charge on any atom is 0.293 e. The van der Waals surface area contributed by atoms with Gasteiger partial charge in [-0.1, -0.05) is 48.0 Å². The van der Waals surface area contributed by atoms with Gasteiger partial charge in [-0.05, 0) is 48.7 Å². The number of hydrogen-bond acceptors (Lipinski definition) is 4. The summed E-state index contributed by atoms with van der Waals surface area (Å²) in [5.74, 6) is -0.436. The number of rotatable bonds is 7. The lowest BCUT2D eigenvalue weighted by molar-refractivity contribution is -0.384. The number of anilines is 2. The first-order valence-corrected chi connectivity index (χ1v) is 9.45. The van der Waals surface area contributed by atoms with Gasteiger partial charge in [0.2, 0.25) is 0 Å². The Hall–Kier alpha value is -3.38. The monoisotopic (exact) mass is 409 g/mol. The molecule has 3 aromatic rings. The van der Waals surface area contributed by atoms with Crippen molar-refractivity contribution in [2.75, 3.05) is 17.2 Å². The van der Waals surface area contributed by atoms with Crippen molar-refractivity contribution >= 4 is 34.6 Å². The largest absolute Gasteiger partial charge is 0.379 e. The number of hydrogen-bond donors (Lipinski definition) is 2. The molecule has 0 aromatic heterocycles. The van der Waals surface area contributed by atoms with Gasteiger partial charge in [-0.15, -0.1) is 0 Å². The molecule has 0 spiro atoms. The number of nitrogens with zero attached hydrogens (tertiary/aromatic N) is 1. The number of nitrogens with one attached hydrogen (secondary N) is 2. The lowest BCUT2D eigenvalue weighted by Gasteiger charge is -2.11. The summed E-state index contributed by atoms with van der Waals surface area (Å²) in [4.78, 5) is 23.6. The van der Waals surface area contributed by atoms with Gasteiger partial charge in [-0.2, -0.15) is 0 Å². The third-order valence-electron chi connectivity index (χ3n) is 4.48. The van der Waals surface area contributed by atoms with E-state index in [2.05, 4.69) is 10.6 Å². The van der Waals surface area contributed by atoms with E-state index in [-0.39, 0.29) is 11.3 Å². The maximum atomic E-state index is 12.6. The van der Waals surface area contributed by atoms with Crippen molar-refractivity contribution in [3.05, 3.63) is 98.6 Å². The van der Waals surface area contributed by atoms with Gasteiger partial charge in [0.25, 0.3) is 11.6 Å². The van der Waals surface area contributed by atoms with Gasteiger partial charge in [0.15, 0.2) is 0 Å². The Labute approximate surface area is 173 Å². The van der Waals surface area contributed by atoms with Crippen LogP contribution in [0, 0.1) is 17.0 Å². The minimum Gasteiger partial charge on any atom is -0.379 e. The van der Waals surface area contributed by atoms with Crippen LogP contribution in [-0.2, 0) is 6.42 Å². The highest BCUT2D eigenvalue weighted by atomic mass is 35.5. The smallest absolute Gasteiger partial charge is 0.293 e. The molecular weight excluding hydrogens is 390 g/mol. The minimum atomic E-state index is -0.494. The van der Waals surface area contributed by atoms with Crippen molar-refractivity contribution in [3.63, 3.8) is 0 Å². The Morgan fingerprint density at radius 1 is 1.03 bits per heavy atom. The molecule has 0 saturated heterocycles. The van der Waals surface area contributed by atoms with Crippen LogP contribution in [0.25, 0.3) is 0 Å². The van der Waals surface area contributed by atoms with Gasteiger partial charge < -0.3 is 10.6 Å². The van der Waals surface area contributed by atoms with Crippen LogP contribution >= 0.6 is 11.6 Å². The number of amides is 1. The minimum absolute atomic E-state index is 0.145. The zero-order valence-electron chi connectivity index (χ0n) is 15.8. The Morgan fingerprint density at radius 2 is 1.79 bits per heavy atom. The highest BCUT2D eigenvalue weighted by Crippen LogP contribution is 2.27. The molecule has 6 nitrogen and oxygen atoms in total. The molecule has 0 bridgehead atoms. The first-order chi connectivity index (χ1) is 13.9. The van der Waals surface area contributed by atoms with Crippen LogP contribution in [0.1, 0.15) is 21.5 Å². The summed E-state index contributed by atoms with van der Waals surface area (Å²) in [7, 11) is 0. The number of aryl methyl sites for hydroxylation is 1. The average molecular weight is 410 g/mol. The summed E-state index contributed by atoms with van der Waals surface area (Å²) in [6, 6.07) is 19.4. The van der Waals surface area contributed by atoms with E-state index in [0.717, 1.165) is 17.5 Å². The van der Waals surface area contributed by atoms with Gasteiger partial charge >= 0.3 is 0 Å². The molecule has 0 aliphatic heterocycles. The van der Waals surface area contributed by atoms with Crippen LogP contribution in [0.15, 0.2) is 66.7 Å². The van der Waals surface area contributed by atoms with Crippen LogP contribution < -0.4 is 10.6 Å². The summed E-state index contributed by atoms with van der Waals surface area (Å²) in [5, 5.41) is 17.8. The standard InChI is InChI=1S/C22H20ClN3O3/c1-15-7-9-18(23)14-20(15)25-22(27)17-8-10-19(21(13-17)26(28)29)24-12-11-16-5-3-2-4-6-16/h2-10,13-14,24H,11-12H2,1H3,(H,25,27). The van der Waals surface area contributed by atoms with E-state index in [0.29, 0.717) is 22.9 Å². The number of carbonyl (C=O) groups excluding carboxylic acids is 1. The van der Waals surface area contributed by atoms with Crippen LogP contribution in [0.4, 0.5) is 17.1 Å². The molecular formula is C22H20ClN3O3. The number of nitro groups is 1. The summed E-state index contributed by atoms with van der Waals surface area (Å²) in [5.41, 5.74) is 2.97. The van der Waals surface area contributed by atoms with E-state index in [9.17, 15) is 14.9 Å². The molecule has 3 aromatic carbocycles. The van der Waals surface area contributed by atoms with Crippen molar-refractivity contribution in [2.45, 2.75) is 13.3 Å². The molecule has 0 aliphatic carbocycles. The summed E-state index contributed by atoms with van der Waals surface area (Å²) in [6.45, 7) is 2.38. The second-order valence-electron chi connectivity index (χ2n) is 6.56. The van der Waals surface area contributed by atoms with E-state index in [4.69, 9.17) is 11.6 Å². The highest BCUT2D eigenvalue weighted by molar-refractivity contribution is 6.31. The Balaban J connectivity index is 1.73. The Bertz CT molecular complexity index is 1040. The molecule has 1 amide bonds. The quantitative estimate of drug-likeness (QED) is 0.400. The second kappa shape index (κ2) is 9.21. The molecule has 0 atom stereocenters. The van der Waals surface area contributed by atoms with Crippen LogP contribution in [0.3, 0.4) is 0 Å². The van der Waals surface area contributed by atoms with Gasteiger partial charge in [0, 0.05) is 28.9 Å². The number of benzene rings is 3. The highest BCUT2D eigenvalue weighted by Gasteiger charge is 2.18. The number of nitro benzene ring substituents is 1. The molecule has 0 heterocycles.